The van der Waals surface area contributed by atoms with Crippen molar-refractivity contribution in [3.05, 3.63) is 35.1 Å². The molecule has 19 heavy (non-hydrogen) atoms. The Bertz CT molecular complexity index is 639. The standard InChI is InChI=1S/C13H9FN2O3/c14-8-1-2-9-7(5-8)6-10(11(9)17)13(12(18)19)15-3-4-16-13/h1-5,10H,6H2,(H,18,19). The number of aliphatic carboxylic acids is 1. The van der Waals surface area contributed by atoms with Crippen molar-refractivity contribution in [3.63, 3.8) is 0 Å². The highest BCUT2D eigenvalue weighted by Crippen LogP contribution is 2.38. The highest BCUT2D eigenvalue weighted by atomic mass is 19.1. The van der Waals surface area contributed by atoms with Gasteiger partial charge in [-0.15, -0.1) is 0 Å². The number of hydrogen-bond acceptors (Lipinski definition) is 4. The molecule has 0 spiro atoms. The lowest BCUT2D eigenvalue weighted by molar-refractivity contribution is -0.144. The van der Waals surface area contributed by atoms with Gasteiger partial charge in [-0.25, -0.2) is 19.2 Å². The van der Waals surface area contributed by atoms with E-state index in [0.717, 1.165) is 0 Å². The molecule has 5 nitrogen and oxygen atoms in total. The van der Waals surface area contributed by atoms with E-state index in [-0.39, 0.29) is 12.2 Å². The zero-order valence-corrected chi connectivity index (χ0v) is 9.71. The predicted octanol–water partition coefficient (Wildman–Crippen LogP) is 1.12. The molecule has 96 valence electrons. The van der Waals surface area contributed by atoms with E-state index in [1.54, 1.807) is 0 Å². The Balaban J connectivity index is 2.06. The molecule has 1 N–H and O–H groups in total. The number of aliphatic imine (C=N–C) groups is 2. The van der Waals surface area contributed by atoms with E-state index >= 15 is 0 Å². The molecule has 0 radical (unpaired) electrons. The monoisotopic (exact) mass is 260 g/mol. The molecule has 0 amide bonds. The van der Waals surface area contributed by atoms with Crippen molar-refractivity contribution >= 4 is 24.2 Å². The predicted molar refractivity (Wildman–Crippen MR) is 65.3 cm³/mol. The number of benzene rings is 1. The molecule has 1 aliphatic heterocycles. The number of carboxylic acid groups (broad SMARTS) is 1. The summed E-state index contributed by atoms with van der Waals surface area (Å²) in [4.78, 5) is 31.4. The van der Waals surface area contributed by atoms with E-state index in [2.05, 4.69) is 9.98 Å². The fraction of sp³-hybridized carbons (Fsp3) is 0.231. The molecule has 0 aromatic heterocycles. The van der Waals surface area contributed by atoms with Gasteiger partial charge in [0.05, 0.1) is 5.92 Å². The van der Waals surface area contributed by atoms with Gasteiger partial charge in [0, 0.05) is 18.0 Å². The number of carbonyl (C=O) groups is 2. The maximum absolute atomic E-state index is 13.2. The molecular weight excluding hydrogens is 251 g/mol. The minimum absolute atomic E-state index is 0.132. The van der Waals surface area contributed by atoms with Gasteiger partial charge in [0.1, 0.15) is 5.82 Å². The van der Waals surface area contributed by atoms with Crippen LogP contribution in [0.5, 0.6) is 0 Å². The minimum Gasteiger partial charge on any atom is -0.478 e. The third-order valence-electron chi connectivity index (χ3n) is 3.48. The largest absolute Gasteiger partial charge is 0.478 e. The van der Waals surface area contributed by atoms with Crippen LogP contribution in [-0.4, -0.2) is 35.0 Å². The number of halogens is 1. The molecule has 1 unspecified atom stereocenters. The van der Waals surface area contributed by atoms with Crippen LogP contribution < -0.4 is 0 Å². The van der Waals surface area contributed by atoms with E-state index in [4.69, 9.17) is 0 Å². The van der Waals surface area contributed by atoms with Crippen LogP contribution in [0.1, 0.15) is 15.9 Å². The van der Waals surface area contributed by atoms with Gasteiger partial charge in [-0.05, 0) is 30.2 Å². The van der Waals surface area contributed by atoms with Gasteiger partial charge >= 0.3 is 5.97 Å². The maximum Gasteiger partial charge on any atom is 0.355 e. The molecule has 3 rings (SSSR count). The van der Waals surface area contributed by atoms with Gasteiger partial charge in [0.2, 0.25) is 0 Å². The number of rotatable bonds is 2. The Hall–Kier alpha value is -2.37. The summed E-state index contributed by atoms with van der Waals surface area (Å²) < 4.78 is 13.2. The number of carboxylic acids is 1. The number of nitrogens with zero attached hydrogens (tertiary/aromatic N) is 2. The van der Waals surface area contributed by atoms with Crippen LogP contribution in [0.4, 0.5) is 4.39 Å². The van der Waals surface area contributed by atoms with Gasteiger partial charge in [0.15, 0.2) is 5.78 Å². The first-order valence-corrected chi connectivity index (χ1v) is 5.69. The second kappa shape index (κ2) is 3.81. The SMILES string of the molecule is O=C1c2ccc(F)cc2CC1C1(C(=O)O)N=CC=N1. The molecule has 1 aromatic carbocycles. The summed E-state index contributed by atoms with van der Waals surface area (Å²) in [6.45, 7) is 0. The van der Waals surface area contributed by atoms with Crippen LogP contribution in [0, 0.1) is 11.7 Å². The molecule has 0 bridgehead atoms. The summed E-state index contributed by atoms with van der Waals surface area (Å²) in [5, 5.41) is 9.32. The average Bonchev–Trinajstić information content (AvgIpc) is 2.95. The molecule has 0 saturated heterocycles. The average molecular weight is 260 g/mol. The van der Waals surface area contributed by atoms with E-state index < -0.39 is 23.4 Å². The second-order valence-electron chi connectivity index (χ2n) is 4.51. The maximum atomic E-state index is 13.2. The fourth-order valence-corrected chi connectivity index (χ4v) is 2.56. The molecule has 1 heterocycles. The van der Waals surface area contributed by atoms with Crippen molar-refractivity contribution in [1.82, 2.24) is 0 Å². The fourth-order valence-electron chi connectivity index (χ4n) is 2.56. The molecular formula is C13H9FN2O3. The third kappa shape index (κ3) is 1.53. The van der Waals surface area contributed by atoms with Gasteiger partial charge < -0.3 is 5.11 Å². The Labute approximate surface area is 107 Å². The Morgan fingerprint density at radius 3 is 2.68 bits per heavy atom. The van der Waals surface area contributed by atoms with Crippen molar-refractivity contribution in [3.8, 4) is 0 Å². The van der Waals surface area contributed by atoms with Crippen molar-refractivity contribution < 1.29 is 19.1 Å². The summed E-state index contributed by atoms with van der Waals surface area (Å²) in [5.41, 5.74) is -0.940. The highest BCUT2D eigenvalue weighted by Gasteiger charge is 2.53. The second-order valence-corrected chi connectivity index (χ2v) is 4.51. The molecule has 6 heteroatoms. The first-order chi connectivity index (χ1) is 9.04. The van der Waals surface area contributed by atoms with E-state index in [9.17, 15) is 19.1 Å². The quantitative estimate of drug-likeness (QED) is 0.865. The number of carbonyl (C=O) groups excluding carboxylic acids is 1. The van der Waals surface area contributed by atoms with E-state index in [1.165, 1.54) is 30.6 Å². The van der Waals surface area contributed by atoms with Crippen LogP contribution in [-0.2, 0) is 11.2 Å². The zero-order valence-electron chi connectivity index (χ0n) is 9.71. The zero-order chi connectivity index (χ0) is 13.6. The number of ketones is 1. The van der Waals surface area contributed by atoms with Crippen molar-refractivity contribution in [2.24, 2.45) is 15.9 Å². The first-order valence-electron chi connectivity index (χ1n) is 5.69. The Morgan fingerprint density at radius 1 is 1.37 bits per heavy atom. The van der Waals surface area contributed by atoms with Gasteiger partial charge in [-0.3, -0.25) is 4.79 Å². The topological polar surface area (TPSA) is 79.1 Å². The lowest BCUT2D eigenvalue weighted by atomic mass is 9.90. The first kappa shape index (κ1) is 11.7. The number of Topliss-reactive ketones (excluding diaryl/α,β-unsaturated/α-hetero) is 1. The number of fused-ring (bicyclic) bond motifs is 1. The highest BCUT2D eigenvalue weighted by molar-refractivity contribution is 6.20. The minimum atomic E-state index is -1.80. The molecule has 1 aliphatic carbocycles. The number of hydrogen-bond donors (Lipinski definition) is 1. The van der Waals surface area contributed by atoms with Crippen molar-refractivity contribution in [2.45, 2.75) is 12.1 Å². The molecule has 2 aliphatic rings. The Morgan fingerprint density at radius 2 is 2.05 bits per heavy atom. The van der Waals surface area contributed by atoms with Gasteiger partial charge in [0.25, 0.3) is 5.66 Å². The van der Waals surface area contributed by atoms with Crippen LogP contribution in [0.2, 0.25) is 0 Å². The summed E-state index contributed by atoms with van der Waals surface area (Å²) in [7, 11) is 0. The Kier molecular flexibility index (Phi) is 2.35. The van der Waals surface area contributed by atoms with E-state index in [0.29, 0.717) is 11.1 Å². The summed E-state index contributed by atoms with van der Waals surface area (Å²) in [5.74, 6) is -3.00. The van der Waals surface area contributed by atoms with Crippen LogP contribution in [0.25, 0.3) is 0 Å². The molecule has 1 aromatic rings. The van der Waals surface area contributed by atoms with E-state index in [1.807, 2.05) is 0 Å². The van der Waals surface area contributed by atoms with Gasteiger partial charge in [-0.2, -0.15) is 0 Å². The summed E-state index contributed by atoms with van der Waals surface area (Å²) in [6.07, 6.45) is 2.67. The molecule has 1 atom stereocenters. The normalized spacial score (nSPS) is 22.8. The van der Waals surface area contributed by atoms with Crippen molar-refractivity contribution in [1.29, 1.82) is 0 Å². The van der Waals surface area contributed by atoms with Crippen LogP contribution >= 0.6 is 0 Å². The van der Waals surface area contributed by atoms with Crippen molar-refractivity contribution in [2.75, 3.05) is 0 Å². The van der Waals surface area contributed by atoms with Gasteiger partial charge in [-0.1, -0.05) is 0 Å². The van der Waals surface area contributed by atoms with Crippen LogP contribution in [0.15, 0.2) is 28.2 Å². The molecule has 0 saturated carbocycles. The smallest absolute Gasteiger partial charge is 0.355 e. The summed E-state index contributed by atoms with van der Waals surface area (Å²) >= 11 is 0. The molecule has 0 fully saturated rings. The summed E-state index contributed by atoms with van der Waals surface area (Å²) in [6, 6.07) is 3.82. The lowest BCUT2D eigenvalue weighted by Crippen LogP contribution is -2.44. The van der Waals surface area contributed by atoms with Crippen LogP contribution in [0.3, 0.4) is 0 Å². The third-order valence-corrected chi connectivity index (χ3v) is 3.48. The lowest BCUT2D eigenvalue weighted by Gasteiger charge is -2.23.